The number of likely N-dealkylation sites (tertiary alicyclic amines) is 1. The van der Waals surface area contributed by atoms with E-state index in [2.05, 4.69) is 20.9 Å². The molecule has 2 aromatic heterocycles. The molecule has 0 N–H and O–H groups in total. The van der Waals surface area contributed by atoms with Crippen LogP contribution in [0.15, 0.2) is 43.0 Å². The van der Waals surface area contributed by atoms with Crippen LogP contribution < -0.4 is 4.90 Å². The van der Waals surface area contributed by atoms with E-state index in [0.717, 1.165) is 51.0 Å². The fourth-order valence-electron chi connectivity index (χ4n) is 3.82. The van der Waals surface area contributed by atoms with Gasteiger partial charge in [0.2, 0.25) is 5.91 Å². The Balaban J connectivity index is 1.54. The number of carbonyl (C=O) groups is 1. The van der Waals surface area contributed by atoms with Gasteiger partial charge in [0.15, 0.2) is 0 Å². The number of aromatic nitrogens is 2. The van der Waals surface area contributed by atoms with Gasteiger partial charge in [-0.1, -0.05) is 12.5 Å². The molecule has 4 rings (SSSR count). The Kier molecular flexibility index (Phi) is 4.26. The first-order chi connectivity index (χ1) is 11.8. The number of amides is 1. The number of hydrogen-bond acceptors (Lipinski definition) is 4. The van der Waals surface area contributed by atoms with Crippen molar-refractivity contribution < 1.29 is 4.79 Å². The number of nitrogens with zero attached hydrogens (tertiary/aromatic N) is 4. The number of rotatable bonds is 3. The minimum atomic E-state index is -0.0296. The molecule has 0 saturated carbocycles. The molecule has 2 aliphatic rings. The Morgan fingerprint density at radius 2 is 2.04 bits per heavy atom. The van der Waals surface area contributed by atoms with Gasteiger partial charge in [0.1, 0.15) is 0 Å². The fraction of sp³-hybridized carbons (Fsp3) is 0.421. The van der Waals surface area contributed by atoms with Gasteiger partial charge in [-0.25, -0.2) is 0 Å². The molecule has 5 heteroatoms. The highest BCUT2D eigenvalue weighted by atomic mass is 16.2. The largest absolute Gasteiger partial charge is 0.310 e. The van der Waals surface area contributed by atoms with Gasteiger partial charge in [-0.05, 0) is 49.1 Å². The van der Waals surface area contributed by atoms with E-state index in [4.69, 9.17) is 0 Å². The lowest BCUT2D eigenvalue weighted by atomic mass is 10.00. The number of pyridine rings is 2. The second-order valence-electron chi connectivity index (χ2n) is 6.59. The molecule has 0 bridgehead atoms. The summed E-state index contributed by atoms with van der Waals surface area (Å²) in [4.78, 5) is 25.9. The van der Waals surface area contributed by atoms with Crippen LogP contribution in [0.2, 0.25) is 0 Å². The molecule has 124 valence electrons. The van der Waals surface area contributed by atoms with Crippen LogP contribution >= 0.6 is 0 Å². The number of fused-ring (bicyclic) bond motifs is 1. The Labute approximate surface area is 142 Å². The molecule has 0 aromatic carbocycles. The lowest BCUT2D eigenvalue weighted by molar-refractivity contribution is -0.125. The normalized spacial score (nSPS) is 20.8. The molecule has 0 radical (unpaired) electrons. The van der Waals surface area contributed by atoms with E-state index in [0.29, 0.717) is 0 Å². The van der Waals surface area contributed by atoms with Gasteiger partial charge in [-0.3, -0.25) is 19.7 Å². The maximum Gasteiger partial charge on any atom is 0.244 e. The molecule has 1 atom stereocenters. The standard InChI is InChI=1S/C19H22N4O/c24-19(23-11-7-16-13-21-9-6-17(16)23)18-5-1-2-10-22(18)14-15-4-3-8-20-12-15/h3-4,6,8-9,12-13,18H,1-2,5,7,10-11,14H2/t18-/m0/s1. The average Bonchev–Trinajstić information content (AvgIpc) is 3.07. The molecule has 4 heterocycles. The summed E-state index contributed by atoms with van der Waals surface area (Å²) in [5.74, 6) is 0.239. The molecule has 2 aliphatic heterocycles. The highest BCUT2D eigenvalue weighted by molar-refractivity contribution is 5.98. The molecule has 0 spiro atoms. The van der Waals surface area contributed by atoms with Crippen LogP contribution in [0.4, 0.5) is 5.69 Å². The second-order valence-corrected chi connectivity index (χ2v) is 6.59. The van der Waals surface area contributed by atoms with E-state index < -0.39 is 0 Å². The first-order valence-electron chi connectivity index (χ1n) is 8.70. The number of anilines is 1. The second kappa shape index (κ2) is 6.69. The maximum absolute atomic E-state index is 13.2. The smallest absolute Gasteiger partial charge is 0.244 e. The summed E-state index contributed by atoms with van der Waals surface area (Å²) < 4.78 is 0. The van der Waals surface area contributed by atoms with Crippen LogP contribution in [-0.2, 0) is 17.8 Å². The van der Waals surface area contributed by atoms with Crippen molar-refractivity contribution in [3.05, 3.63) is 54.1 Å². The number of piperidine rings is 1. The van der Waals surface area contributed by atoms with Crippen molar-refractivity contribution in [2.24, 2.45) is 0 Å². The Bertz CT molecular complexity index is 718. The number of hydrogen-bond donors (Lipinski definition) is 0. The van der Waals surface area contributed by atoms with Gasteiger partial charge in [-0.2, -0.15) is 0 Å². The highest BCUT2D eigenvalue weighted by Gasteiger charge is 2.35. The van der Waals surface area contributed by atoms with Crippen LogP contribution in [0.5, 0.6) is 0 Å². The summed E-state index contributed by atoms with van der Waals surface area (Å²) in [6.45, 7) is 2.54. The van der Waals surface area contributed by atoms with Crippen molar-refractivity contribution in [3.8, 4) is 0 Å². The van der Waals surface area contributed by atoms with Gasteiger partial charge in [0, 0.05) is 43.6 Å². The van der Waals surface area contributed by atoms with E-state index in [1.54, 1.807) is 12.4 Å². The lowest BCUT2D eigenvalue weighted by Crippen LogP contribution is -2.50. The first-order valence-corrected chi connectivity index (χ1v) is 8.70. The zero-order valence-corrected chi connectivity index (χ0v) is 13.8. The molecule has 24 heavy (non-hydrogen) atoms. The third-order valence-electron chi connectivity index (χ3n) is 5.05. The third-order valence-corrected chi connectivity index (χ3v) is 5.05. The Hall–Kier alpha value is -2.27. The molecular formula is C19H22N4O. The Morgan fingerprint density at radius 3 is 2.92 bits per heavy atom. The van der Waals surface area contributed by atoms with E-state index >= 15 is 0 Å². The fourth-order valence-corrected chi connectivity index (χ4v) is 3.82. The summed E-state index contributed by atoms with van der Waals surface area (Å²) in [6.07, 6.45) is 11.5. The first kappa shape index (κ1) is 15.3. The third kappa shape index (κ3) is 2.91. The summed E-state index contributed by atoms with van der Waals surface area (Å²) in [7, 11) is 0. The molecule has 1 fully saturated rings. The minimum Gasteiger partial charge on any atom is -0.310 e. The zero-order chi connectivity index (χ0) is 16.4. The molecule has 0 unspecified atom stereocenters. The van der Waals surface area contributed by atoms with Gasteiger partial charge >= 0.3 is 0 Å². The number of carbonyl (C=O) groups excluding carboxylic acids is 1. The predicted molar refractivity (Wildman–Crippen MR) is 92.6 cm³/mol. The quantitative estimate of drug-likeness (QED) is 0.871. The maximum atomic E-state index is 13.2. The van der Waals surface area contributed by atoms with Crippen LogP contribution in [-0.4, -0.2) is 39.9 Å². The molecular weight excluding hydrogens is 300 g/mol. The highest BCUT2D eigenvalue weighted by Crippen LogP contribution is 2.30. The van der Waals surface area contributed by atoms with Gasteiger partial charge in [-0.15, -0.1) is 0 Å². The minimum absolute atomic E-state index is 0.0296. The van der Waals surface area contributed by atoms with Crippen LogP contribution in [0.1, 0.15) is 30.4 Å². The summed E-state index contributed by atoms with van der Waals surface area (Å²) in [5, 5.41) is 0. The van der Waals surface area contributed by atoms with Gasteiger partial charge in [0.05, 0.1) is 6.04 Å². The van der Waals surface area contributed by atoms with Crippen LogP contribution in [0.3, 0.4) is 0 Å². The summed E-state index contributed by atoms with van der Waals surface area (Å²) in [6, 6.07) is 5.98. The molecule has 5 nitrogen and oxygen atoms in total. The molecule has 0 aliphatic carbocycles. The average molecular weight is 322 g/mol. The summed E-state index contributed by atoms with van der Waals surface area (Å²) >= 11 is 0. The van der Waals surface area contributed by atoms with Crippen molar-refractivity contribution in [1.29, 1.82) is 0 Å². The van der Waals surface area contributed by atoms with E-state index in [1.165, 1.54) is 11.1 Å². The monoisotopic (exact) mass is 322 g/mol. The van der Waals surface area contributed by atoms with Gasteiger partial charge in [0.25, 0.3) is 0 Å². The summed E-state index contributed by atoms with van der Waals surface area (Å²) in [5.41, 5.74) is 3.39. The van der Waals surface area contributed by atoms with E-state index in [1.807, 2.05) is 29.4 Å². The van der Waals surface area contributed by atoms with Crippen molar-refractivity contribution in [3.63, 3.8) is 0 Å². The molecule has 2 aromatic rings. The molecule has 1 saturated heterocycles. The van der Waals surface area contributed by atoms with E-state index in [-0.39, 0.29) is 11.9 Å². The SMILES string of the molecule is O=C([C@@H]1CCCCN1Cc1cccnc1)N1CCc2cnccc21. The van der Waals surface area contributed by atoms with Crippen molar-refractivity contribution in [2.45, 2.75) is 38.3 Å². The predicted octanol–water partition coefficient (Wildman–Crippen LogP) is 2.42. The van der Waals surface area contributed by atoms with Crippen LogP contribution in [0, 0.1) is 0 Å². The van der Waals surface area contributed by atoms with Crippen molar-refractivity contribution in [1.82, 2.24) is 14.9 Å². The molecule has 1 amide bonds. The van der Waals surface area contributed by atoms with Gasteiger partial charge < -0.3 is 4.90 Å². The topological polar surface area (TPSA) is 49.3 Å². The van der Waals surface area contributed by atoms with Crippen LogP contribution in [0.25, 0.3) is 0 Å². The Morgan fingerprint density at radius 1 is 1.12 bits per heavy atom. The van der Waals surface area contributed by atoms with Crippen molar-refractivity contribution >= 4 is 11.6 Å². The zero-order valence-electron chi connectivity index (χ0n) is 13.8. The van der Waals surface area contributed by atoms with Crippen molar-refractivity contribution in [2.75, 3.05) is 18.0 Å². The van der Waals surface area contributed by atoms with E-state index in [9.17, 15) is 4.79 Å². The lowest BCUT2D eigenvalue weighted by Gasteiger charge is -2.36.